The highest BCUT2D eigenvalue weighted by Crippen LogP contribution is 2.29. The van der Waals surface area contributed by atoms with Crippen molar-refractivity contribution in [2.75, 3.05) is 37.8 Å². The molecule has 9 nitrogen and oxygen atoms in total. The Labute approximate surface area is 179 Å². The van der Waals surface area contributed by atoms with E-state index in [9.17, 15) is 26.4 Å². The molecule has 2 heterocycles. The van der Waals surface area contributed by atoms with Gasteiger partial charge in [0.1, 0.15) is 0 Å². The summed E-state index contributed by atoms with van der Waals surface area (Å²) in [6, 6.07) is 5.77. The van der Waals surface area contributed by atoms with Gasteiger partial charge in [-0.25, -0.2) is 13.1 Å². The zero-order valence-electron chi connectivity index (χ0n) is 15.2. The van der Waals surface area contributed by atoms with Crippen LogP contribution in [0.2, 0.25) is 5.02 Å². The summed E-state index contributed by atoms with van der Waals surface area (Å²) < 4.78 is 64.9. The van der Waals surface area contributed by atoms with Gasteiger partial charge in [-0.1, -0.05) is 23.4 Å². The fourth-order valence-electron chi connectivity index (χ4n) is 2.72. The minimum atomic E-state index is -4.75. The third-order valence-corrected chi connectivity index (χ3v) is 7.38. The van der Waals surface area contributed by atoms with Crippen molar-refractivity contribution in [2.45, 2.75) is 16.2 Å². The topological polar surface area (TPSA) is 114 Å². The van der Waals surface area contributed by atoms with E-state index in [-0.39, 0.29) is 52.6 Å². The number of amides is 1. The molecule has 15 heteroatoms. The van der Waals surface area contributed by atoms with Crippen LogP contribution in [0.15, 0.2) is 34.3 Å². The Morgan fingerprint density at radius 3 is 2.27 bits per heavy atom. The quantitative estimate of drug-likeness (QED) is 0.502. The van der Waals surface area contributed by atoms with Crippen molar-refractivity contribution in [1.82, 2.24) is 24.1 Å². The van der Waals surface area contributed by atoms with Crippen LogP contribution in [0.25, 0.3) is 0 Å². The monoisotopic (exact) mass is 484 g/mol. The van der Waals surface area contributed by atoms with Gasteiger partial charge < -0.3 is 10.7 Å². The smallest absolute Gasteiger partial charge is 0.339 e. The molecule has 1 aromatic heterocycles. The van der Waals surface area contributed by atoms with Gasteiger partial charge >= 0.3 is 6.18 Å². The first-order chi connectivity index (χ1) is 14.0. The number of carbonyl (C=O) groups excluding carboxylic acids is 1. The summed E-state index contributed by atoms with van der Waals surface area (Å²) in [5.41, 5.74) is 0. The highest BCUT2D eigenvalue weighted by molar-refractivity contribution is 7.99. The van der Waals surface area contributed by atoms with Gasteiger partial charge in [0.25, 0.3) is 5.82 Å². The Hall–Kier alpha value is -2.03. The normalized spacial score (nSPS) is 16.1. The Morgan fingerprint density at radius 2 is 1.73 bits per heavy atom. The van der Waals surface area contributed by atoms with E-state index in [0.717, 1.165) is 11.8 Å². The lowest BCUT2D eigenvalue weighted by molar-refractivity contribution is -0.146. The molecule has 1 aliphatic heterocycles. The molecular weight excluding hydrogens is 469 g/mol. The fourth-order valence-corrected chi connectivity index (χ4v) is 5.03. The van der Waals surface area contributed by atoms with E-state index in [1.807, 2.05) is 0 Å². The van der Waals surface area contributed by atoms with E-state index in [0.29, 0.717) is 5.02 Å². The number of halogens is 4. The molecule has 0 bridgehead atoms. The number of nitrogens with zero attached hydrogens (tertiary/aromatic N) is 5. The molecule has 0 radical (unpaired) electrons. The first-order valence-corrected chi connectivity index (χ1v) is 11.2. The van der Waals surface area contributed by atoms with Crippen LogP contribution >= 0.6 is 23.4 Å². The Morgan fingerprint density at radius 1 is 1.13 bits per heavy atom. The number of nitrogens with two attached hydrogens (primary N) is 1. The number of sulfonamides is 1. The maximum Gasteiger partial charge on any atom is 0.453 e. The number of benzene rings is 1. The zero-order valence-corrected chi connectivity index (χ0v) is 17.6. The summed E-state index contributed by atoms with van der Waals surface area (Å²) in [5, 5.41) is 6.49. The van der Waals surface area contributed by atoms with Gasteiger partial charge in [0.05, 0.1) is 10.6 Å². The molecule has 164 valence electrons. The van der Waals surface area contributed by atoms with E-state index in [1.165, 1.54) is 33.5 Å². The summed E-state index contributed by atoms with van der Waals surface area (Å²) >= 11 is 6.50. The summed E-state index contributed by atoms with van der Waals surface area (Å²) in [6.45, 7) is 0.476. The number of nitrogen functional groups attached to an aromatic ring is 1. The molecule has 0 saturated carbocycles. The van der Waals surface area contributed by atoms with E-state index in [2.05, 4.69) is 10.2 Å². The van der Waals surface area contributed by atoms with E-state index >= 15 is 0 Å². The third-order valence-electron chi connectivity index (χ3n) is 4.29. The first kappa shape index (κ1) is 22.7. The van der Waals surface area contributed by atoms with Gasteiger partial charge in [-0.15, -0.1) is 10.2 Å². The van der Waals surface area contributed by atoms with Crippen LogP contribution in [-0.2, 0) is 21.0 Å². The van der Waals surface area contributed by atoms with Gasteiger partial charge in [-0.05, 0) is 24.3 Å². The average molecular weight is 485 g/mol. The molecule has 3 rings (SSSR count). The molecule has 2 aromatic rings. The van der Waals surface area contributed by atoms with Crippen molar-refractivity contribution in [3.8, 4) is 0 Å². The van der Waals surface area contributed by atoms with Crippen LogP contribution < -0.4 is 5.84 Å². The first-order valence-electron chi connectivity index (χ1n) is 8.44. The van der Waals surface area contributed by atoms with Crippen LogP contribution in [-0.4, -0.2) is 70.3 Å². The van der Waals surface area contributed by atoms with Gasteiger partial charge in [0.15, 0.2) is 0 Å². The molecular formula is C15H16ClF3N6O3S2. The summed E-state index contributed by atoms with van der Waals surface area (Å²) in [6.07, 6.45) is -4.75. The second kappa shape index (κ2) is 8.61. The predicted octanol–water partition coefficient (Wildman–Crippen LogP) is 1.29. The van der Waals surface area contributed by atoms with E-state index < -0.39 is 22.0 Å². The van der Waals surface area contributed by atoms with Crippen molar-refractivity contribution in [1.29, 1.82) is 0 Å². The number of alkyl halides is 3. The zero-order chi connectivity index (χ0) is 22.1. The van der Waals surface area contributed by atoms with Crippen molar-refractivity contribution in [3.05, 3.63) is 35.1 Å². The number of hydrogen-bond acceptors (Lipinski definition) is 7. The largest absolute Gasteiger partial charge is 0.453 e. The predicted molar refractivity (Wildman–Crippen MR) is 103 cm³/mol. The fraction of sp³-hybridized carbons (Fsp3) is 0.400. The lowest BCUT2D eigenvalue weighted by Gasteiger charge is -2.34. The van der Waals surface area contributed by atoms with Crippen molar-refractivity contribution >= 4 is 39.3 Å². The number of carbonyl (C=O) groups is 1. The Balaban J connectivity index is 1.56. The van der Waals surface area contributed by atoms with Crippen molar-refractivity contribution in [2.24, 2.45) is 0 Å². The second-order valence-electron chi connectivity index (χ2n) is 6.20. The van der Waals surface area contributed by atoms with Gasteiger partial charge in [0.2, 0.25) is 21.1 Å². The summed E-state index contributed by atoms with van der Waals surface area (Å²) in [7, 11) is -3.71. The van der Waals surface area contributed by atoms with Gasteiger partial charge in [0, 0.05) is 31.2 Å². The van der Waals surface area contributed by atoms with E-state index in [1.54, 1.807) is 0 Å². The van der Waals surface area contributed by atoms with Crippen LogP contribution in [0, 0.1) is 0 Å². The number of aromatic nitrogens is 3. The average Bonchev–Trinajstić information content (AvgIpc) is 3.07. The maximum atomic E-state index is 12.7. The van der Waals surface area contributed by atoms with Crippen LogP contribution in [0.4, 0.5) is 13.2 Å². The van der Waals surface area contributed by atoms with Crippen LogP contribution in [0.3, 0.4) is 0 Å². The molecule has 0 atom stereocenters. The number of thioether (sulfide) groups is 1. The SMILES string of the molecule is Nn1c(SCC(=O)N2CCN(S(=O)(=O)c3ccc(Cl)cc3)CC2)nnc1C(F)(F)F. The molecule has 0 spiro atoms. The highest BCUT2D eigenvalue weighted by atomic mass is 35.5. The Bertz CT molecular complexity index is 1020. The molecule has 0 unspecified atom stereocenters. The minimum absolute atomic E-state index is 0.0899. The molecule has 1 aromatic carbocycles. The molecule has 0 aliphatic carbocycles. The van der Waals surface area contributed by atoms with Crippen molar-refractivity contribution in [3.63, 3.8) is 0 Å². The second-order valence-corrected chi connectivity index (χ2v) is 9.52. The van der Waals surface area contributed by atoms with Crippen LogP contribution in [0.5, 0.6) is 0 Å². The summed E-state index contributed by atoms with van der Waals surface area (Å²) in [4.78, 5) is 13.9. The number of piperazine rings is 1. The minimum Gasteiger partial charge on any atom is -0.339 e. The van der Waals surface area contributed by atoms with Crippen molar-refractivity contribution < 1.29 is 26.4 Å². The maximum absolute atomic E-state index is 12.7. The molecule has 2 N–H and O–H groups in total. The number of rotatable bonds is 5. The number of hydrogen-bond donors (Lipinski definition) is 1. The molecule has 1 fully saturated rings. The third kappa shape index (κ3) is 4.82. The Kier molecular flexibility index (Phi) is 6.50. The molecule has 1 aliphatic rings. The highest BCUT2D eigenvalue weighted by Gasteiger charge is 2.38. The van der Waals surface area contributed by atoms with E-state index in [4.69, 9.17) is 17.4 Å². The molecule has 1 amide bonds. The molecule has 1 saturated heterocycles. The van der Waals surface area contributed by atoms with Crippen LogP contribution in [0.1, 0.15) is 5.82 Å². The lowest BCUT2D eigenvalue weighted by atomic mass is 10.3. The standard InChI is InChI=1S/C15H16ClF3N6O3S2/c16-10-1-3-11(4-2-10)30(27,28)24-7-5-23(6-8-24)12(26)9-29-14-22-21-13(25(14)20)15(17,18)19/h1-4H,5-9,20H2. The van der Waals surface area contributed by atoms with Gasteiger partial charge in [-0.2, -0.15) is 17.5 Å². The lowest BCUT2D eigenvalue weighted by Crippen LogP contribution is -2.51. The van der Waals surface area contributed by atoms with Gasteiger partial charge in [-0.3, -0.25) is 4.79 Å². The summed E-state index contributed by atoms with van der Waals surface area (Å²) in [5.74, 6) is 3.38. The molecule has 30 heavy (non-hydrogen) atoms.